The van der Waals surface area contributed by atoms with Crippen LogP contribution < -0.4 is 9.64 Å². The summed E-state index contributed by atoms with van der Waals surface area (Å²) in [7, 11) is 0. The highest BCUT2D eigenvalue weighted by molar-refractivity contribution is 7.22. The molecule has 4 aromatic rings. The number of ether oxygens (including phenoxy) is 1. The Bertz CT molecular complexity index is 1550. The maximum absolute atomic E-state index is 13.5. The zero-order valence-electron chi connectivity index (χ0n) is 21.9. The number of benzene rings is 3. The fourth-order valence-electron chi connectivity index (χ4n) is 4.52. The number of fused-ring (bicyclic) bond motifs is 1. The van der Waals surface area contributed by atoms with Crippen LogP contribution in [0.4, 0.5) is 5.13 Å². The number of aryl methyl sites for hydroxylation is 2. The molecule has 1 saturated heterocycles. The largest absolute Gasteiger partial charge is 0.507 e. The molecule has 5 rings (SSSR count). The second-order valence-corrected chi connectivity index (χ2v) is 11.1. The molecule has 1 aliphatic rings. The van der Waals surface area contributed by atoms with E-state index in [-0.39, 0.29) is 11.3 Å². The average molecular weight is 527 g/mol. The molecule has 0 spiro atoms. The van der Waals surface area contributed by atoms with Gasteiger partial charge < -0.3 is 9.84 Å². The van der Waals surface area contributed by atoms with Gasteiger partial charge in [0.1, 0.15) is 11.5 Å². The second kappa shape index (κ2) is 10.4. The van der Waals surface area contributed by atoms with Crippen molar-refractivity contribution in [2.45, 2.75) is 40.2 Å². The maximum atomic E-state index is 13.5. The van der Waals surface area contributed by atoms with Crippen LogP contribution in [-0.4, -0.2) is 28.4 Å². The van der Waals surface area contributed by atoms with E-state index < -0.39 is 17.7 Å². The van der Waals surface area contributed by atoms with Crippen LogP contribution >= 0.6 is 11.3 Å². The Labute approximate surface area is 226 Å². The molecule has 0 radical (unpaired) electrons. The number of aromatic nitrogens is 1. The Hall–Kier alpha value is -3.97. The summed E-state index contributed by atoms with van der Waals surface area (Å²) in [4.78, 5) is 33.1. The first-order chi connectivity index (χ1) is 18.2. The van der Waals surface area contributed by atoms with E-state index in [1.165, 1.54) is 16.2 Å². The van der Waals surface area contributed by atoms with Crippen molar-refractivity contribution in [1.29, 1.82) is 0 Å². The van der Waals surface area contributed by atoms with Crippen molar-refractivity contribution >= 4 is 44.1 Å². The van der Waals surface area contributed by atoms with Gasteiger partial charge in [-0.15, -0.1) is 0 Å². The minimum absolute atomic E-state index is 0.0358. The van der Waals surface area contributed by atoms with Gasteiger partial charge in [-0.25, -0.2) is 4.98 Å². The third kappa shape index (κ3) is 4.94. The average Bonchev–Trinajstić information content (AvgIpc) is 3.41. The Morgan fingerprint density at radius 3 is 2.50 bits per heavy atom. The van der Waals surface area contributed by atoms with Gasteiger partial charge in [0.25, 0.3) is 5.78 Å². The Balaban J connectivity index is 1.65. The topological polar surface area (TPSA) is 79.7 Å². The molecule has 1 N–H and O–H groups in total. The number of nitrogens with zero attached hydrogens (tertiary/aromatic N) is 2. The fraction of sp³-hybridized carbons (Fsp3) is 0.258. The molecule has 7 heteroatoms. The third-order valence-corrected chi connectivity index (χ3v) is 7.66. The minimum atomic E-state index is -0.855. The Kier molecular flexibility index (Phi) is 7.04. The number of aliphatic hydroxyl groups excluding tert-OH is 1. The number of amides is 1. The van der Waals surface area contributed by atoms with Crippen molar-refractivity contribution in [1.82, 2.24) is 4.98 Å². The van der Waals surface area contributed by atoms with Crippen molar-refractivity contribution in [2.24, 2.45) is 5.92 Å². The van der Waals surface area contributed by atoms with Crippen LogP contribution in [0, 0.1) is 19.8 Å². The predicted octanol–water partition coefficient (Wildman–Crippen LogP) is 6.96. The first-order valence-electron chi connectivity index (χ1n) is 12.7. The van der Waals surface area contributed by atoms with Crippen LogP contribution in [-0.2, 0) is 9.59 Å². The molecule has 0 saturated carbocycles. The summed E-state index contributed by atoms with van der Waals surface area (Å²) in [6.07, 6.45) is 0.904. The van der Waals surface area contributed by atoms with Gasteiger partial charge in [-0.05, 0) is 61.6 Å². The highest BCUT2D eigenvalue weighted by Gasteiger charge is 2.48. The number of carbonyl (C=O) groups is 2. The van der Waals surface area contributed by atoms with Gasteiger partial charge in [0.05, 0.1) is 28.4 Å². The molecule has 1 unspecified atom stereocenters. The van der Waals surface area contributed by atoms with Crippen LogP contribution in [0.3, 0.4) is 0 Å². The van der Waals surface area contributed by atoms with Crippen molar-refractivity contribution in [3.63, 3.8) is 0 Å². The molecule has 1 aromatic heterocycles. The smallest absolute Gasteiger partial charge is 0.301 e. The molecule has 2 heterocycles. The van der Waals surface area contributed by atoms with E-state index in [4.69, 9.17) is 9.72 Å². The zero-order chi connectivity index (χ0) is 27.0. The highest BCUT2D eigenvalue weighted by atomic mass is 32.1. The quantitative estimate of drug-likeness (QED) is 0.160. The van der Waals surface area contributed by atoms with E-state index in [0.717, 1.165) is 27.8 Å². The number of aliphatic hydroxyl groups is 1. The molecular formula is C31H30N2O4S. The van der Waals surface area contributed by atoms with E-state index >= 15 is 0 Å². The second-order valence-electron chi connectivity index (χ2n) is 10.1. The fourth-order valence-corrected chi connectivity index (χ4v) is 5.61. The molecule has 1 amide bonds. The Morgan fingerprint density at radius 1 is 1.03 bits per heavy atom. The number of ketones is 1. The number of rotatable bonds is 7. The summed E-state index contributed by atoms with van der Waals surface area (Å²) in [5, 5.41) is 11.8. The lowest BCUT2D eigenvalue weighted by molar-refractivity contribution is -0.132. The van der Waals surface area contributed by atoms with Crippen molar-refractivity contribution < 1.29 is 19.4 Å². The van der Waals surface area contributed by atoms with Crippen LogP contribution in [0.15, 0.2) is 72.3 Å². The van der Waals surface area contributed by atoms with Gasteiger partial charge in [0, 0.05) is 5.56 Å². The van der Waals surface area contributed by atoms with E-state index in [0.29, 0.717) is 34.5 Å². The number of thiazole rings is 1. The first kappa shape index (κ1) is 25.7. The monoisotopic (exact) mass is 526 g/mol. The lowest BCUT2D eigenvalue weighted by Gasteiger charge is -2.23. The predicted molar refractivity (Wildman–Crippen MR) is 152 cm³/mol. The van der Waals surface area contributed by atoms with Crippen LogP contribution in [0.25, 0.3) is 16.0 Å². The number of hydrogen-bond donors (Lipinski definition) is 1. The van der Waals surface area contributed by atoms with Gasteiger partial charge in [-0.3, -0.25) is 14.5 Å². The van der Waals surface area contributed by atoms with E-state index in [1.54, 1.807) is 12.1 Å². The zero-order valence-corrected chi connectivity index (χ0v) is 22.7. The van der Waals surface area contributed by atoms with Gasteiger partial charge in [0.2, 0.25) is 0 Å². The number of hydrogen-bond acceptors (Lipinski definition) is 6. The third-order valence-electron chi connectivity index (χ3n) is 6.65. The SMILES string of the molecule is Cc1ccc(/C(O)=C2\C(=O)C(=O)N(c3nc4ccc(C)cc4s3)C2c2cccc(OCCC(C)C)c2)cc1. The Morgan fingerprint density at radius 2 is 1.76 bits per heavy atom. The summed E-state index contributed by atoms with van der Waals surface area (Å²) < 4.78 is 6.91. The summed E-state index contributed by atoms with van der Waals surface area (Å²) in [6.45, 7) is 8.78. The van der Waals surface area contributed by atoms with Crippen molar-refractivity contribution in [3.05, 3.63) is 94.6 Å². The molecule has 1 atom stereocenters. The summed E-state index contributed by atoms with van der Waals surface area (Å²) in [5.41, 5.74) is 4.03. The van der Waals surface area contributed by atoms with Gasteiger partial charge in [-0.2, -0.15) is 0 Å². The molecule has 1 aliphatic heterocycles. The van der Waals surface area contributed by atoms with Crippen LogP contribution in [0.2, 0.25) is 0 Å². The number of anilines is 1. The van der Waals surface area contributed by atoms with Crippen molar-refractivity contribution in [3.8, 4) is 5.75 Å². The molecule has 3 aromatic carbocycles. The minimum Gasteiger partial charge on any atom is -0.507 e. The molecule has 0 bridgehead atoms. The van der Waals surface area contributed by atoms with Crippen LogP contribution in [0.5, 0.6) is 5.75 Å². The van der Waals surface area contributed by atoms with E-state index in [1.807, 2.05) is 68.4 Å². The lowest BCUT2D eigenvalue weighted by atomic mass is 9.95. The molecule has 1 fully saturated rings. The first-order valence-corrected chi connectivity index (χ1v) is 13.5. The maximum Gasteiger partial charge on any atom is 0.301 e. The van der Waals surface area contributed by atoms with Gasteiger partial charge >= 0.3 is 5.91 Å². The molecule has 38 heavy (non-hydrogen) atoms. The normalized spacial score (nSPS) is 17.1. The van der Waals surface area contributed by atoms with Gasteiger partial charge in [-0.1, -0.05) is 73.2 Å². The summed E-state index contributed by atoms with van der Waals surface area (Å²) >= 11 is 1.35. The number of Topliss-reactive ketones (excluding diaryl/α,β-unsaturated/α-hetero) is 1. The van der Waals surface area contributed by atoms with E-state index in [2.05, 4.69) is 13.8 Å². The molecule has 0 aliphatic carbocycles. The molecule has 6 nitrogen and oxygen atoms in total. The molecular weight excluding hydrogens is 496 g/mol. The van der Waals surface area contributed by atoms with E-state index in [9.17, 15) is 14.7 Å². The molecule has 194 valence electrons. The number of carbonyl (C=O) groups excluding carboxylic acids is 2. The van der Waals surface area contributed by atoms with Crippen molar-refractivity contribution in [2.75, 3.05) is 11.5 Å². The standard InChI is InChI=1S/C31H30N2O4S/c1-18(2)14-15-37-23-7-5-6-22(17-23)27-26(28(34)21-11-8-19(3)9-12-21)29(35)30(36)33(27)31-32-24-13-10-20(4)16-25(24)38-31/h5-13,16-18,27,34H,14-15H2,1-4H3/b28-26+. The summed E-state index contributed by atoms with van der Waals surface area (Å²) in [5.74, 6) is -0.523. The summed E-state index contributed by atoms with van der Waals surface area (Å²) in [6, 6.07) is 19.6. The van der Waals surface area contributed by atoms with Gasteiger partial charge in [0.15, 0.2) is 5.13 Å². The highest BCUT2D eigenvalue weighted by Crippen LogP contribution is 2.45. The lowest BCUT2D eigenvalue weighted by Crippen LogP contribution is -2.29. The van der Waals surface area contributed by atoms with Crippen LogP contribution in [0.1, 0.15) is 48.6 Å².